The van der Waals surface area contributed by atoms with Gasteiger partial charge >= 0.3 is 0 Å². The molecule has 0 radical (unpaired) electrons. The molecule has 0 aliphatic carbocycles. The minimum Gasteiger partial charge on any atom is -0.455 e. The molecule has 10 rings (SSSR count). The Morgan fingerprint density at radius 3 is 1.84 bits per heavy atom. The number of nitrogens with one attached hydrogen (secondary N) is 1. The van der Waals surface area contributed by atoms with E-state index >= 15 is 0 Å². The van der Waals surface area contributed by atoms with Crippen LogP contribution in [-0.2, 0) is 10.8 Å². The van der Waals surface area contributed by atoms with E-state index in [0.717, 1.165) is 83.4 Å². The van der Waals surface area contributed by atoms with Crippen molar-refractivity contribution < 1.29 is 4.42 Å². The second kappa shape index (κ2) is 13.4. The zero-order valence-corrected chi connectivity index (χ0v) is 33.8. The number of pyridine rings is 2. The van der Waals surface area contributed by atoms with Crippen molar-refractivity contribution >= 4 is 43.7 Å². The fourth-order valence-electron chi connectivity index (χ4n) is 8.28. The smallest absolute Gasteiger partial charge is 0.144 e. The lowest BCUT2D eigenvalue weighted by Gasteiger charge is -2.26. The van der Waals surface area contributed by atoms with E-state index in [1.807, 2.05) is 24.4 Å². The number of rotatable bonds is 5. The molecule has 0 unspecified atom stereocenters. The highest BCUT2D eigenvalue weighted by atomic mass is 16.3. The van der Waals surface area contributed by atoms with Gasteiger partial charge in [0.25, 0.3) is 0 Å². The second-order valence-electron chi connectivity index (χ2n) is 17.6. The lowest BCUT2D eigenvalue weighted by Crippen LogP contribution is -2.16. The molecule has 0 fully saturated rings. The van der Waals surface area contributed by atoms with Crippen LogP contribution in [0.5, 0.6) is 0 Å². The molecule has 0 saturated heterocycles. The predicted molar refractivity (Wildman–Crippen MR) is 243 cm³/mol. The first-order valence-electron chi connectivity index (χ1n) is 20.1. The Kier molecular flexibility index (Phi) is 8.24. The molecule has 0 aliphatic rings. The van der Waals surface area contributed by atoms with Crippen LogP contribution in [0.4, 0.5) is 0 Å². The zero-order valence-electron chi connectivity index (χ0n) is 33.8. The lowest BCUT2D eigenvalue weighted by atomic mass is 9.79. The standard InChI is InChI=1S/C54H45N3O/c1-53(2,3)38-25-35(26-39(32-38)54(4,5)6)36-30-48(43-20-14-19-42-40-17-10-12-21-46(40)57-51(42)43)56-49(31-36)45-28-37(27-44-41-18-11-13-22-50(41)58-52(44)45)47-29-34(23-24-55-47)33-15-8-7-9-16-33/h7-32,57H,1-6H3. The summed E-state index contributed by atoms with van der Waals surface area (Å²) in [7, 11) is 0. The van der Waals surface area contributed by atoms with Gasteiger partial charge in [-0.15, -0.1) is 0 Å². The monoisotopic (exact) mass is 751 g/mol. The quantitative estimate of drug-likeness (QED) is 0.190. The van der Waals surface area contributed by atoms with Crippen molar-refractivity contribution in [3.8, 4) is 56.0 Å². The van der Waals surface area contributed by atoms with Gasteiger partial charge in [-0.2, -0.15) is 0 Å². The van der Waals surface area contributed by atoms with Crippen LogP contribution < -0.4 is 0 Å². The van der Waals surface area contributed by atoms with Crippen molar-refractivity contribution in [2.24, 2.45) is 0 Å². The molecule has 58 heavy (non-hydrogen) atoms. The molecule has 0 spiro atoms. The third-order valence-corrected chi connectivity index (χ3v) is 11.6. The number of furan rings is 1. The van der Waals surface area contributed by atoms with Gasteiger partial charge in [0, 0.05) is 49.9 Å². The second-order valence-corrected chi connectivity index (χ2v) is 17.6. The van der Waals surface area contributed by atoms with Crippen molar-refractivity contribution in [1.29, 1.82) is 0 Å². The lowest BCUT2D eigenvalue weighted by molar-refractivity contribution is 0.569. The molecule has 0 aliphatic heterocycles. The number of para-hydroxylation sites is 3. The largest absolute Gasteiger partial charge is 0.455 e. The van der Waals surface area contributed by atoms with E-state index in [4.69, 9.17) is 14.4 Å². The normalized spacial score (nSPS) is 12.3. The summed E-state index contributed by atoms with van der Waals surface area (Å²) in [6.45, 7) is 13.8. The predicted octanol–water partition coefficient (Wildman–Crippen LogP) is 14.9. The highest BCUT2D eigenvalue weighted by Crippen LogP contribution is 2.43. The van der Waals surface area contributed by atoms with Crippen molar-refractivity contribution in [2.75, 3.05) is 0 Å². The molecule has 6 aromatic carbocycles. The van der Waals surface area contributed by atoms with Gasteiger partial charge in [0.05, 0.1) is 22.6 Å². The average molecular weight is 752 g/mol. The minimum absolute atomic E-state index is 0.0410. The molecule has 4 heteroatoms. The summed E-state index contributed by atoms with van der Waals surface area (Å²) in [6, 6.07) is 54.1. The summed E-state index contributed by atoms with van der Waals surface area (Å²) < 4.78 is 6.78. The summed E-state index contributed by atoms with van der Waals surface area (Å²) in [4.78, 5) is 14.3. The summed E-state index contributed by atoms with van der Waals surface area (Å²) in [5.74, 6) is 0. The fraction of sp³-hybridized carbons (Fsp3) is 0.148. The van der Waals surface area contributed by atoms with E-state index in [0.29, 0.717) is 0 Å². The van der Waals surface area contributed by atoms with Crippen molar-refractivity contribution in [2.45, 2.75) is 52.4 Å². The van der Waals surface area contributed by atoms with Gasteiger partial charge in [0.15, 0.2) is 0 Å². The molecule has 1 N–H and O–H groups in total. The molecule has 0 saturated carbocycles. The number of H-pyrrole nitrogens is 1. The van der Waals surface area contributed by atoms with E-state index in [1.54, 1.807) is 0 Å². The molecule has 4 nitrogen and oxygen atoms in total. The number of fused-ring (bicyclic) bond motifs is 6. The maximum Gasteiger partial charge on any atom is 0.144 e. The Morgan fingerprint density at radius 1 is 0.448 bits per heavy atom. The van der Waals surface area contributed by atoms with E-state index in [1.165, 1.54) is 27.5 Å². The van der Waals surface area contributed by atoms with Gasteiger partial charge in [-0.05, 0) is 92.7 Å². The fourth-order valence-corrected chi connectivity index (χ4v) is 8.28. The summed E-state index contributed by atoms with van der Waals surface area (Å²) in [6.07, 6.45) is 1.90. The van der Waals surface area contributed by atoms with Crippen molar-refractivity contribution in [3.05, 3.63) is 169 Å². The Hall–Kier alpha value is -6.78. The Bertz CT molecular complexity index is 3160. The Morgan fingerprint density at radius 2 is 1.09 bits per heavy atom. The van der Waals surface area contributed by atoms with Crippen LogP contribution in [0.1, 0.15) is 52.7 Å². The average Bonchev–Trinajstić information content (AvgIpc) is 3.81. The van der Waals surface area contributed by atoms with Gasteiger partial charge in [-0.25, -0.2) is 4.98 Å². The van der Waals surface area contributed by atoms with Crippen LogP contribution in [0, 0.1) is 0 Å². The van der Waals surface area contributed by atoms with E-state index in [-0.39, 0.29) is 10.8 Å². The Labute approximate surface area is 339 Å². The number of hydrogen-bond acceptors (Lipinski definition) is 3. The molecule has 4 aromatic heterocycles. The highest BCUT2D eigenvalue weighted by Gasteiger charge is 2.24. The van der Waals surface area contributed by atoms with Crippen LogP contribution in [0.25, 0.3) is 99.8 Å². The van der Waals surface area contributed by atoms with Crippen LogP contribution in [0.15, 0.2) is 162 Å². The zero-order chi connectivity index (χ0) is 39.8. The van der Waals surface area contributed by atoms with Crippen LogP contribution >= 0.6 is 0 Å². The van der Waals surface area contributed by atoms with Crippen LogP contribution in [0.3, 0.4) is 0 Å². The van der Waals surface area contributed by atoms with Crippen LogP contribution in [-0.4, -0.2) is 15.0 Å². The highest BCUT2D eigenvalue weighted by molar-refractivity contribution is 6.13. The third-order valence-electron chi connectivity index (χ3n) is 11.6. The van der Waals surface area contributed by atoms with E-state index < -0.39 is 0 Å². The first-order chi connectivity index (χ1) is 28.0. The number of aromatic nitrogens is 3. The molecule has 0 atom stereocenters. The minimum atomic E-state index is -0.0410. The van der Waals surface area contributed by atoms with Gasteiger partial charge in [-0.1, -0.05) is 145 Å². The molecule has 282 valence electrons. The van der Waals surface area contributed by atoms with Gasteiger partial charge in [-0.3, -0.25) is 4.98 Å². The van der Waals surface area contributed by atoms with Gasteiger partial charge in [0.1, 0.15) is 11.2 Å². The van der Waals surface area contributed by atoms with Crippen molar-refractivity contribution in [3.63, 3.8) is 0 Å². The molecule has 0 amide bonds. The summed E-state index contributed by atoms with van der Waals surface area (Å²) in [5, 5.41) is 4.47. The topological polar surface area (TPSA) is 54.7 Å². The van der Waals surface area contributed by atoms with Gasteiger partial charge < -0.3 is 9.40 Å². The van der Waals surface area contributed by atoms with Crippen LogP contribution in [0.2, 0.25) is 0 Å². The maximum atomic E-state index is 6.78. The third kappa shape index (κ3) is 6.26. The number of aromatic amines is 1. The Balaban J connectivity index is 1.27. The SMILES string of the molecule is CC(C)(C)c1cc(-c2cc(-c3cccc4c3[nH]c3ccccc34)nc(-c3cc(-c4cc(-c5ccccc5)ccn4)cc4c3oc3ccccc34)c2)cc(C(C)(C)C)c1. The maximum absolute atomic E-state index is 6.78. The molecule has 0 bridgehead atoms. The van der Waals surface area contributed by atoms with E-state index in [2.05, 4.69) is 180 Å². The number of benzene rings is 6. The molecule has 4 heterocycles. The van der Waals surface area contributed by atoms with Gasteiger partial charge in [0.2, 0.25) is 0 Å². The van der Waals surface area contributed by atoms with Crippen molar-refractivity contribution in [1.82, 2.24) is 15.0 Å². The first-order valence-corrected chi connectivity index (χ1v) is 20.1. The number of hydrogen-bond donors (Lipinski definition) is 1. The first kappa shape index (κ1) is 35.6. The number of nitrogens with zero attached hydrogens (tertiary/aromatic N) is 2. The summed E-state index contributed by atoms with van der Waals surface area (Å²) >= 11 is 0. The summed E-state index contributed by atoms with van der Waals surface area (Å²) in [5.41, 5.74) is 16.5. The molecule has 10 aromatic rings. The molecular weight excluding hydrogens is 707 g/mol. The van der Waals surface area contributed by atoms with E-state index in [9.17, 15) is 0 Å². The molecular formula is C54H45N3O.